The summed E-state index contributed by atoms with van der Waals surface area (Å²) >= 11 is 6.84. The first kappa shape index (κ1) is 16.4. The Bertz CT molecular complexity index is 736. The van der Waals surface area contributed by atoms with Crippen LogP contribution in [-0.2, 0) is 14.4 Å². The fourth-order valence-corrected chi connectivity index (χ4v) is 4.69. The van der Waals surface area contributed by atoms with Gasteiger partial charge in [0.05, 0.1) is 17.5 Å². The molecule has 2 fully saturated rings. The summed E-state index contributed by atoms with van der Waals surface area (Å²) in [5.74, 6) is -1.14. The summed E-state index contributed by atoms with van der Waals surface area (Å²) in [6, 6.07) is 3.49. The Hall–Kier alpha value is -1.41. The van der Waals surface area contributed by atoms with Gasteiger partial charge >= 0.3 is 0 Å². The van der Waals surface area contributed by atoms with Gasteiger partial charge in [-0.3, -0.25) is 19.3 Å². The molecule has 0 radical (unpaired) electrons. The Morgan fingerprint density at radius 2 is 1.96 bits per heavy atom. The number of amides is 3. The predicted molar refractivity (Wildman–Crippen MR) is 89.0 cm³/mol. The van der Waals surface area contributed by atoms with E-state index in [9.17, 15) is 14.4 Å². The first-order chi connectivity index (χ1) is 10.8. The van der Waals surface area contributed by atoms with Gasteiger partial charge < -0.3 is 10.1 Å². The van der Waals surface area contributed by atoms with Crippen molar-refractivity contribution in [2.75, 3.05) is 14.2 Å². The minimum absolute atomic E-state index is 0.216. The highest BCUT2D eigenvalue weighted by Crippen LogP contribution is 2.47. The summed E-state index contributed by atoms with van der Waals surface area (Å²) < 4.78 is 6.70. The van der Waals surface area contributed by atoms with Crippen molar-refractivity contribution >= 4 is 49.6 Å². The number of imide groups is 1. The molecule has 2 saturated heterocycles. The molecule has 1 N–H and O–H groups in total. The van der Waals surface area contributed by atoms with E-state index in [1.807, 2.05) is 0 Å². The molecule has 0 bridgehead atoms. The standard InChI is InChI=1S/C15H14Br2N2O4/c1-19-13(21)12(15(14(19)22)4-3-11(20)18-15)7-5-10(23-2)9(17)6-8(7)16/h5-6,12H,3-4H2,1-2H3,(H,18,20)/t12-,15-/m0/s1. The van der Waals surface area contributed by atoms with Crippen LogP contribution >= 0.6 is 31.9 Å². The molecule has 0 unspecified atom stereocenters. The van der Waals surface area contributed by atoms with Gasteiger partial charge in [0, 0.05) is 17.9 Å². The van der Waals surface area contributed by atoms with Crippen LogP contribution in [0.3, 0.4) is 0 Å². The van der Waals surface area contributed by atoms with Crippen LogP contribution in [0.2, 0.25) is 0 Å². The summed E-state index contributed by atoms with van der Waals surface area (Å²) in [6.07, 6.45) is 0.533. The van der Waals surface area contributed by atoms with E-state index in [4.69, 9.17) is 4.74 Å². The van der Waals surface area contributed by atoms with Crippen molar-refractivity contribution in [3.05, 3.63) is 26.6 Å². The fourth-order valence-electron chi connectivity index (χ4n) is 3.31. The number of benzene rings is 1. The Labute approximate surface area is 149 Å². The van der Waals surface area contributed by atoms with Crippen LogP contribution in [0.4, 0.5) is 0 Å². The van der Waals surface area contributed by atoms with Gasteiger partial charge in [-0.25, -0.2) is 0 Å². The van der Waals surface area contributed by atoms with Crippen molar-refractivity contribution in [1.29, 1.82) is 0 Å². The molecule has 0 saturated carbocycles. The second kappa shape index (κ2) is 5.59. The summed E-state index contributed by atoms with van der Waals surface area (Å²) in [6.45, 7) is 0. The van der Waals surface area contributed by atoms with Gasteiger partial charge in [-0.1, -0.05) is 15.9 Å². The van der Waals surface area contributed by atoms with E-state index in [0.717, 1.165) is 9.37 Å². The third-order valence-corrected chi connectivity index (χ3v) is 5.75. The molecule has 1 spiro atoms. The summed E-state index contributed by atoms with van der Waals surface area (Å²) in [5.41, 5.74) is -0.584. The minimum atomic E-state index is -1.20. The fraction of sp³-hybridized carbons (Fsp3) is 0.400. The normalized spacial score (nSPS) is 27.0. The Balaban J connectivity index is 2.19. The summed E-state index contributed by atoms with van der Waals surface area (Å²) in [7, 11) is 2.97. The summed E-state index contributed by atoms with van der Waals surface area (Å²) in [4.78, 5) is 38.2. The van der Waals surface area contributed by atoms with Crippen molar-refractivity contribution in [1.82, 2.24) is 10.2 Å². The Morgan fingerprint density at radius 3 is 2.52 bits per heavy atom. The van der Waals surface area contributed by atoms with Crippen LogP contribution in [0, 0.1) is 0 Å². The van der Waals surface area contributed by atoms with Crippen LogP contribution in [0.15, 0.2) is 21.1 Å². The highest BCUT2D eigenvalue weighted by molar-refractivity contribution is 9.11. The van der Waals surface area contributed by atoms with Crippen molar-refractivity contribution in [2.45, 2.75) is 24.3 Å². The number of methoxy groups -OCH3 is 1. The molecule has 8 heteroatoms. The monoisotopic (exact) mass is 444 g/mol. The molecule has 1 aromatic carbocycles. The van der Waals surface area contributed by atoms with Gasteiger partial charge in [0.25, 0.3) is 5.91 Å². The number of hydrogen-bond acceptors (Lipinski definition) is 4. The van der Waals surface area contributed by atoms with Gasteiger partial charge in [0.2, 0.25) is 11.8 Å². The van der Waals surface area contributed by atoms with E-state index in [0.29, 0.717) is 22.2 Å². The maximum Gasteiger partial charge on any atom is 0.255 e. The Kier molecular flexibility index (Phi) is 4.00. The van der Waals surface area contributed by atoms with Crippen molar-refractivity contribution in [2.24, 2.45) is 0 Å². The third-order valence-electron chi connectivity index (χ3n) is 4.45. The van der Waals surface area contributed by atoms with E-state index in [1.165, 1.54) is 14.2 Å². The number of likely N-dealkylation sites (tertiary alicyclic amines) is 1. The maximum absolute atomic E-state index is 12.7. The van der Waals surface area contributed by atoms with Crippen molar-refractivity contribution < 1.29 is 19.1 Å². The lowest BCUT2D eigenvalue weighted by Gasteiger charge is -2.27. The van der Waals surface area contributed by atoms with Crippen molar-refractivity contribution in [3.8, 4) is 5.75 Å². The molecule has 23 heavy (non-hydrogen) atoms. The number of carbonyl (C=O) groups is 3. The molecular formula is C15H14Br2N2O4. The number of nitrogens with zero attached hydrogens (tertiary/aromatic N) is 1. The van der Waals surface area contributed by atoms with E-state index in [1.54, 1.807) is 12.1 Å². The highest BCUT2D eigenvalue weighted by atomic mass is 79.9. The average molecular weight is 446 g/mol. The zero-order valence-corrected chi connectivity index (χ0v) is 15.7. The highest BCUT2D eigenvalue weighted by Gasteiger charge is 2.62. The molecule has 1 aromatic rings. The minimum Gasteiger partial charge on any atom is -0.496 e. The lowest BCUT2D eigenvalue weighted by Crippen LogP contribution is -2.51. The largest absolute Gasteiger partial charge is 0.496 e. The molecule has 2 aliphatic heterocycles. The lowest BCUT2D eigenvalue weighted by molar-refractivity contribution is -0.139. The quantitative estimate of drug-likeness (QED) is 0.706. The van der Waals surface area contributed by atoms with Crippen LogP contribution in [-0.4, -0.2) is 42.3 Å². The first-order valence-electron chi connectivity index (χ1n) is 6.97. The number of halogens is 2. The SMILES string of the molecule is COc1cc([C@H]2C(=O)N(C)C(=O)[C@]23CCC(=O)N3)c(Br)cc1Br. The smallest absolute Gasteiger partial charge is 0.255 e. The molecule has 2 atom stereocenters. The van der Waals surface area contributed by atoms with Crippen LogP contribution in [0.5, 0.6) is 5.75 Å². The van der Waals surface area contributed by atoms with E-state index >= 15 is 0 Å². The molecule has 0 aliphatic carbocycles. The number of carbonyl (C=O) groups excluding carboxylic acids is 3. The molecule has 2 heterocycles. The van der Waals surface area contributed by atoms with Crippen LogP contribution in [0.1, 0.15) is 24.3 Å². The number of likely N-dealkylation sites (N-methyl/N-ethyl adjacent to an activating group) is 1. The van der Waals surface area contributed by atoms with E-state index in [2.05, 4.69) is 37.2 Å². The molecule has 122 valence electrons. The zero-order valence-electron chi connectivity index (χ0n) is 12.5. The van der Waals surface area contributed by atoms with Gasteiger partial charge in [0.15, 0.2) is 0 Å². The third kappa shape index (κ3) is 2.30. The predicted octanol–water partition coefficient (Wildman–Crippen LogP) is 1.95. The van der Waals surface area contributed by atoms with Gasteiger partial charge in [-0.2, -0.15) is 0 Å². The lowest BCUT2D eigenvalue weighted by atomic mass is 9.80. The average Bonchev–Trinajstić information content (AvgIpc) is 2.97. The van der Waals surface area contributed by atoms with Gasteiger partial charge in [-0.05, 0) is 40.0 Å². The van der Waals surface area contributed by atoms with E-state index in [-0.39, 0.29) is 24.1 Å². The number of nitrogens with one attached hydrogen (secondary N) is 1. The molecule has 3 amide bonds. The van der Waals surface area contributed by atoms with Gasteiger partial charge in [-0.15, -0.1) is 0 Å². The van der Waals surface area contributed by atoms with Crippen LogP contribution in [0.25, 0.3) is 0 Å². The van der Waals surface area contributed by atoms with E-state index < -0.39 is 11.5 Å². The number of hydrogen-bond donors (Lipinski definition) is 1. The van der Waals surface area contributed by atoms with Crippen LogP contribution < -0.4 is 10.1 Å². The second-order valence-electron chi connectivity index (χ2n) is 5.66. The van der Waals surface area contributed by atoms with Crippen molar-refractivity contribution in [3.63, 3.8) is 0 Å². The number of rotatable bonds is 2. The molecule has 6 nitrogen and oxygen atoms in total. The molecule has 0 aromatic heterocycles. The number of ether oxygens (including phenoxy) is 1. The first-order valence-corrected chi connectivity index (χ1v) is 8.56. The second-order valence-corrected chi connectivity index (χ2v) is 7.37. The molecular weight excluding hydrogens is 432 g/mol. The Morgan fingerprint density at radius 1 is 1.26 bits per heavy atom. The summed E-state index contributed by atoms with van der Waals surface area (Å²) in [5, 5.41) is 2.74. The zero-order chi connectivity index (χ0) is 16.9. The molecule has 3 rings (SSSR count). The topological polar surface area (TPSA) is 75.7 Å². The van der Waals surface area contributed by atoms with Gasteiger partial charge in [0.1, 0.15) is 11.3 Å². The maximum atomic E-state index is 12.7. The molecule has 2 aliphatic rings.